The third-order valence-electron chi connectivity index (χ3n) is 3.71. The molecule has 0 bridgehead atoms. The number of likely N-dealkylation sites (N-methyl/N-ethyl adjacent to an activating group) is 1. The van der Waals surface area contributed by atoms with Gasteiger partial charge in [-0.3, -0.25) is 0 Å². The Hall–Kier alpha value is -1.43. The van der Waals surface area contributed by atoms with Crippen molar-refractivity contribution in [1.29, 1.82) is 0 Å². The molecule has 2 rings (SSSR count). The van der Waals surface area contributed by atoms with Crippen molar-refractivity contribution >= 4 is 11.6 Å². The molecule has 2 heterocycles. The number of halogens is 2. The van der Waals surface area contributed by atoms with Crippen molar-refractivity contribution in [1.82, 2.24) is 9.88 Å². The van der Waals surface area contributed by atoms with Gasteiger partial charge in [0.1, 0.15) is 0 Å². The van der Waals surface area contributed by atoms with Gasteiger partial charge in [0.05, 0.1) is 0 Å². The van der Waals surface area contributed by atoms with Crippen LogP contribution in [0.15, 0.2) is 6.07 Å². The van der Waals surface area contributed by atoms with Crippen LogP contribution in [0.25, 0.3) is 0 Å². The van der Waals surface area contributed by atoms with Crippen LogP contribution in [0.2, 0.25) is 0 Å². The maximum Gasteiger partial charge on any atom is 0.168 e. The highest BCUT2D eigenvalue weighted by molar-refractivity contribution is 5.49. The van der Waals surface area contributed by atoms with Crippen molar-refractivity contribution in [2.45, 2.75) is 26.3 Å². The molecule has 1 N–H and O–H groups in total. The van der Waals surface area contributed by atoms with E-state index in [4.69, 9.17) is 0 Å². The van der Waals surface area contributed by atoms with E-state index in [-0.39, 0.29) is 11.6 Å². The highest BCUT2D eigenvalue weighted by Gasteiger charge is 2.25. The molecule has 4 nitrogen and oxygen atoms in total. The van der Waals surface area contributed by atoms with Crippen LogP contribution >= 0.6 is 0 Å². The Morgan fingerprint density at radius 3 is 2.75 bits per heavy atom. The monoisotopic (exact) mass is 284 g/mol. The zero-order valence-corrected chi connectivity index (χ0v) is 12.3. The summed E-state index contributed by atoms with van der Waals surface area (Å²) in [7, 11) is 2.05. The lowest BCUT2D eigenvalue weighted by Gasteiger charge is -2.38. The topological polar surface area (TPSA) is 31.4 Å². The first-order chi connectivity index (χ1) is 9.52. The van der Waals surface area contributed by atoms with Gasteiger partial charge in [-0.25, -0.2) is 13.8 Å². The standard InChI is InChI=1S/C14H22F2N4/c1-4-5-17-13-11(15)8-12(16)14(18-13)20-7-6-19(3)10(2)9-20/h8,10H,4-7,9H2,1-3H3,(H,17,18). The summed E-state index contributed by atoms with van der Waals surface area (Å²) in [6.07, 6.45) is 0.860. The predicted octanol–water partition coefficient (Wildman–Crippen LogP) is 2.32. The highest BCUT2D eigenvalue weighted by Crippen LogP contribution is 2.24. The summed E-state index contributed by atoms with van der Waals surface area (Å²) < 4.78 is 27.6. The smallest absolute Gasteiger partial charge is 0.168 e. The van der Waals surface area contributed by atoms with Gasteiger partial charge in [0, 0.05) is 38.3 Å². The lowest BCUT2D eigenvalue weighted by Crippen LogP contribution is -2.50. The molecule has 1 atom stereocenters. The maximum atomic E-state index is 14.0. The molecule has 20 heavy (non-hydrogen) atoms. The number of anilines is 2. The fourth-order valence-electron chi connectivity index (χ4n) is 2.29. The zero-order chi connectivity index (χ0) is 14.7. The number of nitrogens with zero attached hydrogens (tertiary/aromatic N) is 3. The number of rotatable bonds is 4. The van der Waals surface area contributed by atoms with E-state index in [1.165, 1.54) is 0 Å². The van der Waals surface area contributed by atoms with Crippen molar-refractivity contribution in [3.63, 3.8) is 0 Å². The molecule has 1 aliphatic heterocycles. The first-order valence-corrected chi connectivity index (χ1v) is 7.08. The van der Waals surface area contributed by atoms with Crippen molar-refractivity contribution in [3.8, 4) is 0 Å². The highest BCUT2D eigenvalue weighted by atomic mass is 19.1. The van der Waals surface area contributed by atoms with Crippen LogP contribution in [0.4, 0.5) is 20.4 Å². The number of hydrogen-bond acceptors (Lipinski definition) is 4. The van der Waals surface area contributed by atoms with Gasteiger partial charge in [0.2, 0.25) is 0 Å². The van der Waals surface area contributed by atoms with Crippen LogP contribution in [0.1, 0.15) is 20.3 Å². The first-order valence-electron chi connectivity index (χ1n) is 7.08. The molecule has 1 unspecified atom stereocenters. The zero-order valence-electron chi connectivity index (χ0n) is 12.3. The third-order valence-corrected chi connectivity index (χ3v) is 3.71. The van der Waals surface area contributed by atoms with Gasteiger partial charge in [-0.15, -0.1) is 0 Å². The second kappa shape index (κ2) is 6.35. The second-order valence-corrected chi connectivity index (χ2v) is 5.33. The van der Waals surface area contributed by atoms with Gasteiger partial charge < -0.3 is 15.1 Å². The Labute approximate surface area is 118 Å². The summed E-state index contributed by atoms with van der Waals surface area (Å²) in [6.45, 7) is 6.93. The molecular formula is C14H22F2N4. The van der Waals surface area contributed by atoms with Crippen LogP contribution < -0.4 is 10.2 Å². The van der Waals surface area contributed by atoms with E-state index in [0.717, 1.165) is 19.0 Å². The largest absolute Gasteiger partial charge is 0.368 e. The van der Waals surface area contributed by atoms with Crippen molar-refractivity contribution in [2.75, 3.05) is 43.4 Å². The molecule has 6 heteroatoms. The third kappa shape index (κ3) is 3.17. The van der Waals surface area contributed by atoms with Crippen molar-refractivity contribution in [2.24, 2.45) is 0 Å². The van der Waals surface area contributed by atoms with E-state index in [2.05, 4.69) is 22.1 Å². The average Bonchev–Trinajstić information content (AvgIpc) is 2.41. The Kier molecular flexibility index (Phi) is 4.75. The Morgan fingerprint density at radius 2 is 2.10 bits per heavy atom. The molecule has 1 aromatic rings. The Bertz CT molecular complexity index is 467. The van der Waals surface area contributed by atoms with Gasteiger partial charge in [-0.1, -0.05) is 6.92 Å². The van der Waals surface area contributed by atoms with E-state index >= 15 is 0 Å². The van der Waals surface area contributed by atoms with Gasteiger partial charge >= 0.3 is 0 Å². The van der Waals surface area contributed by atoms with Gasteiger partial charge in [-0.05, 0) is 20.4 Å². The summed E-state index contributed by atoms with van der Waals surface area (Å²) in [4.78, 5) is 8.24. The Balaban J connectivity index is 2.22. The van der Waals surface area contributed by atoms with Gasteiger partial charge in [0.25, 0.3) is 0 Å². The quantitative estimate of drug-likeness (QED) is 0.919. The van der Waals surface area contributed by atoms with Crippen molar-refractivity contribution < 1.29 is 8.78 Å². The minimum Gasteiger partial charge on any atom is -0.368 e. The van der Waals surface area contributed by atoms with Crippen LogP contribution in [-0.4, -0.2) is 49.2 Å². The number of aromatic nitrogens is 1. The van der Waals surface area contributed by atoms with Gasteiger partial charge in [0.15, 0.2) is 23.3 Å². The van der Waals surface area contributed by atoms with Crippen molar-refractivity contribution in [3.05, 3.63) is 17.7 Å². The fraction of sp³-hybridized carbons (Fsp3) is 0.643. The molecule has 0 spiro atoms. The van der Waals surface area contributed by atoms with E-state index in [9.17, 15) is 8.78 Å². The molecule has 0 amide bonds. The second-order valence-electron chi connectivity index (χ2n) is 5.33. The van der Waals surface area contributed by atoms with Crippen LogP contribution in [-0.2, 0) is 0 Å². The molecule has 0 aliphatic carbocycles. The molecule has 112 valence electrons. The molecule has 1 aliphatic rings. The van der Waals surface area contributed by atoms with E-state index in [1.54, 1.807) is 0 Å². The summed E-state index contributed by atoms with van der Waals surface area (Å²) in [5, 5.41) is 2.90. The Morgan fingerprint density at radius 1 is 1.35 bits per heavy atom. The van der Waals surface area contributed by atoms with E-state index in [0.29, 0.717) is 25.7 Å². The molecular weight excluding hydrogens is 262 g/mol. The molecule has 0 radical (unpaired) electrons. The number of piperazine rings is 1. The first kappa shape index (κ1) is 15.0. The summed E-state index contributed by atoms with van der Waals surface area (Å²) >= 11 is 0. The average molecular weight is 284 g/mol. The minimum absolute atomic E-state index is 0.134. The van der Waals surface area contributed by atoms with Crippen LogP contribution in [0, 0.1) is 11.6 Å². The van der Waals surface area contributed by atoms with E-state index in [1.807, 2.05) is 18.9 Å². The molecule has 1 fully saturated rings. The molecule has 1 saturated heterocycles. The normalized spacial score (nSPS) is 20.2. The van der Waals surface area contributed by atoms with Gasteiger partial charge in [-0.2, -0.15) is 0 Å². The van der Waals surface area contributed by atoms with Crippen LogP contribution in [0.3, 0.4) is 0 Å². The number of pyridine rings is 1. The molecule has 0 aromatic carbocycles. The summed E-state index contributed by atoms with van der Waals surface area (Å²) in [6, 6.07) is 1.24. The minimum atomic E-state index is -0.637. The lowest BCUT2D eigenvalue weighted by molar-refractivity contribution is 0.232. The number of nitrogens with one attached hydrogen (secondary N) is 1. The fourth-order valence-corrected chi connectivity index (χ4v) is 2.29. The number of hydrogen-bond donors (Lipinski definition) is 1. The SMILES string of the molecule is CCCNc1nc(N2CCN(C)C(C)C2)c(F)cc1F. The molecule has 1 aromatic heterocycles. The maximum absolute atomic E-state index is 14.0. The van der Waals surface area contributed by atoms with Crippen LogP contribution in [0.5, 0.6) is 0 Å². The van der Waals surface area contributed by atoms with E-state index < -0.39 is 11.6 Å². The predicted molar refractivity (Wildman–Crippen MR) is 77.2 cm³/mol. The lowest BCUT2D eigenvalue weighted by atomic mass is 10.2. The summed E-state index contributed by atoms with van der Waals surface area (Å²) in [5.41, 5.74) is 0. The molecule has 0 saturated carbocycles. The summed E-state index contributed by atoms with van der Waals surface area (Å²) in [5.74, 6) is -0.858.